The highest BCUT2D eigenvalue weighted by molar-refractivity contribution is 6.29. The van der Waals surface area contributed by atoms with Crippen molar-refractivity contribution in [3.05, 3.63) is 170 Å². The number of para-hydroxylation sites is 2. The Labute approximate surface area is 287 Å². The summed E-state index contributed by atoms with van der Waals surface area (Å²) in [5.41, 5.74) is 10.6. The predicted molar refractivity (Wildman–Crippen MR) is 210 cm³/mol. The molecule has 0 bridgehead atoms. The Morgan fingerprint density at radius 2 is 0.800 bits per heavy atom. The van der Waals surface area contributed by atoms with Crippen molar-refractivity contribution < 1.29 is 8.83 Å². The molecule has 0 aliphatic carbocycles. The molecule has 0 aliphatic heterocycles. The SMILES string of the molecule is c1ccc2c(-c3ccc(-c4c5ccccc5c(-c5cc6c7ccccc7oc6c6c5oc5ccccc56)c5ccccc45)cc3)cccc2c1. The summed E-state index contributed by atoms with van der Waals surface area (Å²) in [4.78, 5) is 0. The minimum atomic E-state index is 0.847. The van der Waals surface area contributed by atoms with Crippen LogP contribution in [-0.2, 0) is 0 Å². The second-order valence-corrected chi connectivity index (χ2v) is 13.1. The van der Waals surface area contributed by atoms with Crippen LogP contribution in [-0.4, -0.2) is 0 Å². The Kier molecular flexibility index (Phi) is 5.70. The van der Waals surface area contributed by atoms with Crippen LogP contribution in [0.5, 0.6) is 0 Å². The third kappa shape index (κ3) is 3.85. The molecule has 2 heteroatoms. The molecule has 11 rings (SSSR count). The third-order valence-corrected chi connectivity index (χ3v) is 10.5. The summed E-state index contributed by atoms with van der Waals surface area (Å²) in [5, 5.41) is 11.6. The Morgan fingerprint density at radius 1 is 0.300 bits per heavy atom. The molecular formula is C48H28O2. The van der Waals surface area contributed by atoms with Gasteiger partial charge in [0.05, 0.1) is 5.39 Å². The molecule has 2 aromatic heterocycles. The largest absolute Gasteiger partial charge is 0.455 e. The summed E-state index contributed by atoms with van der Waals surface area (Å²) in [6.07, 6.45) is 0. The van der Waals surface area contributed by atoms with E-state index >= 15 is 0 Å². The molecule has 0 atom stereocenters. The van der Waals surface area contributed by atoms with E-state index in [0.29, 0.717) is 0 Å². The summed E-state index contributed by atoms with van der Waals surface area (Å²) in [5.74, 6) is 0. The van der Waals surface area contributed by atoms with E-state index in [1.807, 2.05) is 18.2 Å². The van der Waals surface area contributed by atoms with E-state index < -0.39 is 0 Å². The van der Waals surface area contributed by atoms with Gasteiger partial charge in [-0.25, -0.2) is 0 Å². The molecule has 0 N–H and O–H groups in total. The maximum atomic E-state index is 6.78. The van der Waals surface area contributed by atoms with Crippen molar-refractivity contribution in [3.63, 3.8) is 0 Å². The fourth-order valence-corrected chi connectivity index (χ4v) is 8.27. The van der Waals surface area contributed by atoms with Gasteiger partial charge in [-0.3, -0.25) is 0 Å². The number of rotatable bonds is 3. The molecule has 0 radical (unpaired) electrons. The summed E-state index contributed by atoms with van der Waals surface area (Å²) >= 11 is 0. The molecule has 50 heavy (non-hydrogen) atoms. The van der Waals surface area contributed by atoms with Crippen molar-refractivity contribution in [3.8, 4) is 33.4 Å². The van der Waals surface area contributed by atoms with Crippen molar-refractivity contribution in [2.24, 2.45) is 0 Å². The lowest BCUT2D eigenvalue weighted by Crippen LogP contribution is -1.91. The zero-order chi connectivity index (χ0) is 32.8. The van der Waals surface area contributed by atoms with Gasteiger partial charge >= 0.3 is 0 Å². The minimum absolute atomic E-state index is 0.847. The average Bonchev–Trinajstić information content (AvgIpc) is 3.75. The Balaban J connectivity index is 1.22. The van der Waals surface area contributed by atoms with Crippen LogP contribution in [0.2, 0.25) is 0 Å². The molecule has 0 saturated carbocycles. The van der Waals surface area contributed by atoms with Crippen LogP contribution >= 0.6 is 0 Å². The maximum Gasteiger partial charge on any atom is 0.147 e. The summed E-state index contributed by atoms with van der Waals surface area (Å²) in [6, 6.07) is 60.8. The van der Waals surface area contributed by atoms with Gasteiger partial charge < -0.3 is 8.83 Å². The Morgan fingerprint density at radius 3 is 1.50 bits per heavy atom. The smallest absolute Gasteiger partial charge is 0.147 e. The van der Waals surface area contributed by atoms with Crippen molar-refractivity contribution >= 4 is 76.2 Å². The van der Waals surface area contributed by atoms with E-state index in [2.05, 4.69) is 152 Å². The van der Waals surface area contributed by atoms with Gasteiger partial charge in [-0.15, -0.1) is 0 Å². The Hall–Kier alpha value is -6.64. The molecule has 0 spiro atoms. The van der Waals surface area contributed by atoms with Crippen molar-refractivity contribution in [1.82, 2.24) is 0 Å². The molecule has 11 aromatic rings. The molecule has 0 unspecified atom stereocenters. The topological polar surface area (TPSA) is 26.3 Å². The van der Waals surface area contributed by atoms with Gasteiger partial charge in [-0.05, 0) is 72.8 Å². The molecule has 232 valence electrons. The highest BCUT2D eigenvalue weighted by atomic mass is 16.3. The molecule has 0 aliphatic rings. The van der Waals surface area contributed by atoms with E-state index in [-0.39, 0.29) is 0 Å². The van der Waals surface area contributed by atoms with Gasteiger partial charge in [0.1, 0.15) is 22.3 Å². The maximum absolute atomic E-state index is 6.78. The van der Waals surface area contributed by atoms with Gasteiger partial charge in [0.2, 0.25) is 0 Å². The molecule has 2 nitrogen and oxygen atoms in total. The minimum Gasteiger partial charge on any atom is -0.455 e. The molecular weight excluding hydrogens is 609 g/mol. The molecule has 9 aromatic carbocycles. The molecule has 0 fully saturated rings. The van der Waals surface area contributed by atoms with Gasteiger partial charge in [0.15, 0.2) is 0 Å². The fraction of sp³-hybridized carbons (Fsp3) is 0. The second kappa shape index (κ2) is 10.4. The quantitative estimate of drug-likeness (QED) is 0.180. The average molecular weight is 637 g/mol. The summed E-state index contributed by atoms with van der Waals surface area (Å²) in [6.45, 7) is 0. The van der Waals surface area contributed by atoms with E-state index in [9.17, 15) is 0 Å². The van der Waals surface area contributed by atoms with Crippen LogP contribution in [0, 0.1) is 0 Å². The second-order valence-electron chi connectivity index (χ2n) is 13.1. The first-order valence-electron chi connectivity index (χ1n) is 17.1. The third-order valence-electron chi connectivity index (χ3n) is 10.5. The van der Waals surface area contributed by atoms with Crippen LogP contribution in [0.1, 0.15) is 0 Å². The van der Waals surface area contributed by atoms with E-state index in [1.54, 1.807) is 0 Å². The lowest BCUT2D eigenvalue weighted by molar-refractivity contribution is 0.663. The van der Waals surface area contributed by atoms with Gasteiger partial charge in [-0.2, -0.15) is 0 Å². The standard InChI is InChI=1S/C48H28O2/c1-2-14-32-29(12-1)13-11-21-33(32)30-24-26-31(27-25-30)44-35-16-3-5-18-37(35)45(38-19-6-4-17-36(38)44)41-28-40-34-15-7-9-22-42(34)49-47(40)46-39-20-8-10-23-43(39)50-48(41)46/h1-28H. The van der Waals surface area contributed by atoms with Gasteiger partial charge in [0, 0.05) is 27.3 Å². The van der Waals surface area contributed by atoms with E-state index in [1.165, 1.54) is 60.1 Å². The molecule has 0 amide bonds. The number of fused-ring (bicyclic) bond motifs is 10. The first-order valence-corrected chi connectivity index (χ1v) is 17.1. The van der Waals surface area contributed by atoms with Crippen LogP contribution in [0.15, 0.2) is 179 Å². The van der Waals surface area contributed by atoms with Crippen LogP contribution in [0.4, 0.5) is 0 Å². The van der Waals surface area contributed by atoms with E-state index in [0.717, 1.165) is 49.4 Å². The normalized spacial score (nSPS) is 12.0. The number of hydrogen-bond acceptors (Lipinski definition) is 2. The van der Waals surface area contributed by atoms with Crippen LogP contribution in [0.25, 0.3) is 110 Å². The first-order chi connectivity index (χ1) is 24.8. The van der Waals surface area contributed by atoms with E-state index in [4.69, 9.17) is 8.83 Å². The number of hydrogen-bond donors (Lipinski definition) is 0. The zero-order valence-electron chi connectivity index (χ0n) is 27.0. The monoisotopic (exact) mass is 636 g/mol. The number of furan rings is 2. The first kappa shape index (κ1) is 27.3. The highest BCUT2D eigenvalue weighted by Gasteiger charge is 2.24. The predicted octanol–water partition coefficient (Wildman–Crippen LogP) is 13.9. The molecule has 0 saturated heterocycles. The van der Waals surface area contributed by atoms with Crippen LogP contribution in [0.3, 0.4) is 0 Å². The number of benzene rings is 9. The van der Waals surface area contributed by atoms with Crippen molar-refractivity contribution in [1.29, 1.82) is 0 Å². The Bertz CT molecular complexity index is 3080. The lowest BCUT2D eigenvalue weighted by atomic mass is 9.85. The lowest BCUT2D eigenvalue weighted by Gasteiger charge is -2.18. The fourth-order valence-electron chi connectivity index (χ4n) is 8.27. The summed E-state index contributed by atoms with van der Waals surface area (Å²) < 4.78 is 13.4. The summed E-state index contributed by atoms with van der Waals surface area (Å²) in [7, 11) is 0. The highest BCUT2D eigenvalue weighted by Crippen LogP contribution is 2.49. The molecule has 2 heterocycles. The zero-order valence-corrected chi connectivity index (χ0v) is 27.0. The van der Waals surface area contributed by atoms with Gasteiger partial charge in [0.25, 0.3) is 0 Å². The van der Waals surface area contributed by atoms with Gasteiger partial charge in [-0.1, -0.05) is 152 Å². The van der Waals surface area contributed by atoms with Crippen LogP contribution < -0.4 is 0 Å². The van der Waals surface area contributed by atoms with Crippen molar-refractivity contribution in [2.45, 2.75) is 0 Å². The van der Waals surface area contributed by atoms with Crippen molar-refractivity contribution in [2.75, 3.05) is 0 Å².